The molecule has 2 aromatic carbocycles. The number of hydrogen-bond donors (Lipinski definition) is 1. The fourth-order valence-corrected chi connectivity index (χ4v) is 7.56. The number of ether oxygens (including phenoxy) is 1. The lowest BCUT2D eigenvalue weighted by Gasteiger charge is -2.22. The molecule has 0 radical (unpaired) electrons. The molecule has 1 heterocycles. The van der Waals surface area contributed by atoms with E-state index >= 15 is 0 Å². The number of pyridine rings is 1. The number of benzene rings is 2. The van der Waals surface area contributed by atoms with Gasteiger partial charge < -0.3 is 10.1 Å². The molecule has 0 saturated carbocycles. The van der Waals surface area contributed by atoms with Crippen molar-refractivity contribution in [3.8, 4) is 0 Å². The first-order valence-electron chi connectivity index (χ1n) is 19.8. The summed E-state index contributed by atoms with van der Waals surface area (Å²) in [5, 5.41) is 3.52. The van der Waals surface area contributed by atoms with Crippen LogP contribution in [-0.2, 0) is 50.3 Å². The molecule has 286 valence electrons. The Morgan fingerprint density at radius 3 is 1.73 bits per heavy atom. The Balaban J connectivity index is 1.23. The fraction of sp³-hybridized carbons (Fsp3) is 0.558. The number of aromatic nitrogens is 1. The van der Waals surface area contributed by atoms with Gasteiger partial charge in [0, 0.05) is 44.9 Å². The van der Waals surface area contributed by atoms with Gasteiger partial charge in [0.15, 0.2) is 0 Å². The largest absolute Gasteiger partial charge is 0.393 e. The second-order valence-electron chi connectivity index (χ2n) is 13.9. The SMILES string of the molecule is CCCCc1ccc(CNCCCCCCCC(=O)OC(=O)CCCCCCCN(Cc2ccc(CCCC)cc2)S(=O)(=O)c2cccnc2)cc1. The molecular formula is C43H63N3O5S. The standard InChI is InChI=1S/C43H63N3O5S/c1-3-5-18-37-23-27-39(28-24-37)34-44-31-15-11-7-9-13-21-42(47)51-43(48)22-14-10-8-12-16-33-46(52(49,50)41-20-17-32-45-35-41)36-40-29-25-38(26-30-40)19-6-4-2/h17,20,23-30,32,35,44H,3-16,18-19,21-22,31,33-34,36H2,1-2H3. The molecule has 0 fully saturated rings. The van der Waals surface area contributed by atoms with Gasteiger partial charge in [-0.2, -0.15) is 4.31 Å². The summed E-state index contributed by atoms with van der Waals surface area (Å²) in [5.41, 5.74) is 4.95. The molecule has 0 aliphatic carbocycles. The molecule has 8 nitrogen and oxygen atoms in total. The van der Waals surface area contributed by atoms with Crippen LogP contribution in [0.2, 0.25) is 0 Å². The van der Waals surface area contributed by atoms with Crippen molar-refractivity contribution in [3.05, 3.63) is 95.3 Å². The molecule has 1 aromatic heterocycles. The van der Waals surface area contributed by atoms with Crippen LogP contribution in [0.15, 0.2) is 78.0 Å². The van der Waals surface area contributed by atoms with Crippen LogP contribution in [-0.4, -0.2) is 42.7 Å². The van der Waals surface area contributed by atoms with E-state index < -0.39 is 22.0 Å². The average molecular weight is 734 g/mol. The maximum Gasteiger partial charge on any atom is 0.313 e. The number of unbranched alkanes of at least 4 members (excludes halogenated alkanes) is 10. The number of esters is 2. The molecule has 0 bridgehead atoms. The Morgan fingerprint density at radius 1 is 0.654 bits per heavy atom. The zero-order valence-corrected chi connectivity index (χ0v) is 32.6. The Bertz CT molecular complexity index is 1510. The highest BCUT2D eigenvalue weighted by Gasteiger charge is 2.24. The number of carbonyl (C=O) groups excluding carboxylic acids is 2. The number of aryl methyl sites for hydroxylation is 2. The summed E-state index contributed by atoms with van der Waals surface area (Å²) in [6.45, 7) is 6.97. The highest BCUT2D eigenvalue weighted by molar-refractivity contribution is 7.89. The summed E-state index contributed by atoms with van der Waals surface area (Å²) in [7, 11) is -3.70. The van der Waals surface area contributed by atoms with Gasteiger partial charge in [0.05, 0.1) is 0 Å². The molecule has 3 aromatic rings. The van der Waals surface area contributed by atoms with E-state index in [1.54, 1.807) is 22.6 Å². The molecular weight excluding hydrogens is 671 g/mol. The van der Waals surface area contributed by atoms with Crippen molar-refractivity contribution in [2.24, 2.45) is 0 Å². The molecule has 0 unspecified atom stereocenters. The Morgan fingerprint density at radius 2 is 1.17 bits per heavy atom. The molecule has 9 heteroatoms. The molecule has 0 atom stereocenters. The topological polar surface area (TPSA) is 106 Å². The lowest BCUT2D eigenvalue weighted by atomic mass is 10.1. The third kappa shape index (κ3) is 17.4. The highest BCUT2D eigenvalue weighted by atomic mass is 32.2. The van der Waals surface area contributed by atoms with Crippen LogP contribution in [0.3, 0.4) is 0 Å². The van der Waals surface area contributed by atoms with Crippen LogP contribution in [0.4, 0.5) is 0 Å². The van der Waals surface area contributed by atoms with Gasteiger partial charge in [-0.25, -0.2) is 8.42 Å². The molecule has 52 heavy (non-hydrogen) atoms. The van der Waals surface area contributed by atoms with Gasteiger partial charge in [-0.1, -0.05) is 114 Å². The van der Waals surface area contributed by atoms with Crippen LogP contribution in [0.5, 0.6) is 0 Å². The van der Waals surface area contributed by atoms with E-state index in [1.165, 1.54) is 35.7 Å². The van der Waals surface area contributed by atoms with E-state index in [4.69, 9.17) is 4.74 Å². The van der Waals surface area contributed by atoms with E-state index in [9.17, 15) is 18.0 Å². The average Bonchev–Trinajstić information content (AvgIpc) is 3.16. The van der Waals surface area contributed by atoms with Crippen LogP contribution < -0.4 is 5.32 Å². The number of nitrogens with zero attached hydrogens (tertiary/aromatic N) is 2. The van der Waals surface area contributed by atoms with Crippen molar-refractivity contribution in [2.45, 2.75) is 147 Å². The summed E-state index contributed by atoms with van der Waals surface area (Å²) < 4.78 is 33.6. The summed E-state index contributed by atoms with van der Waals surface area (Å²) in [4.78, 5) is 28.5. The third-order valence-corrected chi connectivity index (χ3v) is 11.2. The van der Waals surface area contributed by atoms with Gasteiger partial charge >= 0.3 is 11.9 Å². The first-order valence-corrected chi connectivity index (χ1v) is 21.3. The lowest BCUT2D eigenvalue weighted by molar-refractivity contribution is -0.159. The van der Waals surface area contributed by atoms with Crippen molar-refractivity contribution in [2.75, 3.05) is 13.1 Å². The first kappa shape index (κ1) is 43.0. The third-order valence-electron chi connectivity index (χ3n) is 9.39. The fourth-order valence-electron chi connectivity index (χ4n) is 6.13. The Kier molecular flexibility index (Phi) is 21.1. The van der Waals surface area contributed by atoms with Crippen LogP contribution in [0.25, 0.3) is 0 Å². The molecule has 1 N–H and O–H groups in total. The van der Waals surface area contributed by atoms with Crippen molar-refractivity contribution in [3.63, 3.8) is 0 Å². The molecule has 0 spiro atoms. The zero-order valence-electron chi connectivity index (χ0n) is 31.8. The van der Waals surface area contributed by atoms with E-state index in [1.807, 2.05) is 12.1 Å². The van der Waals surface area contributed by atoms with E-state index in [-0.39, 0.29) is 17.7 Å². The Labute approximate surface area is 314 Å². The predicted octanol–water partition coefficient (Wildman–Crippen LogP) is 9.50. The number of carbonyl (C=O) groups is 2. The minimum Gasteiger partial charge on any atom is -0.393 e. The van der Waals surface area contributed by atoms with E-state index in [0.717, 1.165) is 95.7 Å². The minimum absolute atomic E-state index is 0.196. The lowest BCUT2D eigenvalue weighted by Crippen LogP contribution is -2.31. The summed E-state index contributed by atoms with van der Waals surface area (Å²) in [6.07, 6.45) is 19.2. The van der Waals surface area contributed by atoms with Gasteiger partial charge in [-0.3, -0.25) is 14.6 Å². The number of rotatable bonds is 28. The van der Waals surface area contributed by atoms with E-state index in [0.29, 0.717) is 25.9 Å². The maximum absolute atomic E-state index is 13.5. The number of hydrogen-bond acceptors (Lipinski definition) is 7. The summed E-state index contributed by atoms with van der Waals surface area (Å²) in [5.74, 6) is -0.890. The van der Waals surface area contributed by atoms with Crippen molar-refractivity contribution >= 4 is 22.0 Å². The van der Waals surface area contributed by atoms with Crippen LogP contribution in [0.1, 0.15) is 139 Å². The van der Waals surface area contributed by atoms with E-state index in [2.05, 4.69) is 60.5 Å². The molecule has 3 rings (SSSR count). The van der Waals surface area contributed by atoms with Crippen molar-refractivity contribution in [1.82, 2.24) is 14.6 Å². The maximum atomic E-state index is 13.5. The first-order chi connectivity index (χ1) is 25.3. The smallest absolute Gasteiger partial charge is 0.313 e. The van der Waals surface area contributed by atoms with Crippen LogP contribution in [0, 0.1) is 0 Å². The summed E-state index contributed by atoms with van der Waals surface area (Å²) in [6, 6.07) is 20.4. The number of sulfonamides is 1. The molecule has 0 aliphatic heterocycles. The van der Waals surface area contributed by atoms with Gasteiger partial charge in [-0.05, 0) is 92.3 Å². The summed E-state index contributed by atoms with van der Waals surface area (Å²) >= 11 is 0. The highest BCUT2D eigenvalue weighted by Crippen LogP contribution is 2.20. The van der Waals surface area contributed by atoms with Gasteiger partial charge in [0.2, 0.25) is 10.0 Å². The second-order valence-corrected chi connectivity index (χ2v) is 15.9. The normalized spacial score (nSPS) is 11.6. The molecule has 0 amide bonds. The number of nitrogens with one attached hydrogen (secondary N) is 1. The van der Waals surface area contributed by atoms with Gasteiger partial charge in [0.1, 0.15) is 4.90 Å². The second kappa shape index (κ2) is 25.6. The van der Waals surface area contributed by atoms with Crippen molar-refractivity contribution < 1.29 is 22.7 Å². The molecule has 0 saturated heterocycles. The zero-order chi connectivity index (χ0) is 37.3. The van der Waals surface area contributed by atoms with Gasteiger partial charge in [-0.15, -0.1) is 0 Å². The quantitative estimate of drug-likeness (QED) is 0.0450. The minimum atomic E-state index is -3.70. The monoisotopic (exact) mass is 733 g/mol. The predicted molar refractivity (Wildman–Crippen MR) is 210 cm³/mol. The van der Waals surface area contributed by atoms with Crippen molar-refractivity contribution in [1.29, 1.82) is 0 Å². The van der Waals surface area contributed by atoms with Crippen LogP contribution >= 0.6 is 0 Å². The Hall–Kier alpha value is -3.40. The molecule has 0 aliphatic rings. The van der Waals surface area contributed by atoms with Gasteiger partial charge in [0.25, 0.3) is 0 Å².